The molecule has 0 atom stereocenters. The maximum atomic E-state index is 13.0. The lowest BCUT2D eigenvalue weighted by Crippen LogP contribution is -2.28. The van der Waals surface area contributed by atoms with Crippen LogP contribution in [-0.2, 0) is 36.5 Å². The smallest absolute Gasteiger partial charge is 0.160 e. The molecule has 7 heteroatoms. The first-order valence-corrected chi connectivity index (χ1v) is 37.1. The molecule has 5 aromatic carbocycles. The van der Waals surface area contributed by atoms with E-state index in [1.807, 2.05) is 22.7 Å². The van der Waals surface area contributed by atoms with Crippen LogP contribution < -0.4 is 4.74 Å². The Labute approximate surface area is 543 Å². The van der Waals surface area contributed by atoms with E-state index in [1.54, 1.807) is 22.7 Å². The molecule has 88 heavy (non-hydrogen) atoms. The molecule has 9 aromatic rings. The van der Waals surface area contributed by atoms with Gasteiger partial charge in [-0.3, -0.25) is 9.59 Å². The van der Waals surface area contributed by atoms with Crippen LogP contribution >= 0.6 is 45.3 Å². The van der Waals surface area contributed by atoms with Crippen molar-refractivity contribution in [2.45, 2.75) is 206 Å². The Balaban J connectivity index is 1.08. The van der Waals surface area contributed by atoms with Crippen LogP contribution in [-0.4, -0.2) is 19.2 Å². The summed E-state index contributed by atoms with van der Waals surface area (Å²) in [5.74, 6) is 0.914. The van der Waals surface area contributed by atoms with E-state index in [4.69, 9.17) is 4.74 Å². The summed E-state index contributed by atoms with van der Waals surface area (Å²) < 4.78 is 7.19. The minimum Gasteiger partial charge on any atom is -0.493 e. The molecule has 0 saturated heterocycles. The van der Waals surface area contributed by atoms with Crippen LogP contribution in [0.25, 0.3) is 40.4 Å². The van der Waals surface area contributed by atoms with Crippen molar-refractivity contribution in [3.63, 3.8) is 0 Å². The highest BCUT2D eigenvalue weighted by molar-refractivity contribution is 7.25. The van der Waals surface area contributed by atoms with Gasteiger partial charge in [-0.25, -0.2) is 0 Å². The first-order valence-electron chi connectivity index (χ1n) is 33.9. The minimum atomic E-state index is -0.621. The lowest BCUT2D eigenvalue weighted by molar-refractivity contribution is 0.111. The number of ether oxygens (including phenoxy) is 1. The zero-order chi connectivity index (χ0) is 61.0. The summed E-state index contributed by atoms with van der Waals surface area (Å²) in [5.41, 5.74) is 17.9. The second kappa shape index (κ2) is 29.8. The van der Waals surface area contributed by atoms with Gasteiger partial charge in [-0.05, 0) is 179 Å². The third kappa shape index (κ3) is 12.9. The molecule has 2 aliphatic rings. The highest BCUT2D eigenvalue weighted by Gasteiger charge is 2.51. The van der Waals surface area contributed by atoms with E-state index in [-0.39, 0.29) is 0 Å². The van der Waals surface area contributed by atoms with Gasteiger partial charge in [-0.2, -0.15) is 0 Å². The van der Waals surface area contributed by atoms with Crippen LogP contribution in [0.15, 0.2) is 133 Å². The van der Waals surface area contributed by atoms with Gasteiger partial charge in [0.05, 0.1) is 46.7 Å². The predicted octanol–water partition coefficient (Wildman–Crippen LogP) is 24.4. The number of hydrogen-bond acceptors (Lipinski definition) is 7. The summed E-state index contributed by atoms with van der Waals surface area (Å²) in [6.07, 6.45) is 30.3. The molecule has 0 unspecified atom stereocenters. The first kappa shape index (κ1) is 63.6. The Kier molecular flexibility index (Phi) is 21.5. The fourth-order valence-electron chi connectivity index (χ4n) is 14.5. The van der Waals surface area contributed by atoms with E-state index >= 15 is 0 Å². The molecule has 0 saturated carbocycles. The summed E-state index contributed by atoms with van der Waals surface area (Å²) in [6, 6.07) is 52.2. The number of carbonyl (C=O) groups is 2. The number of aryl methyl sites for hydroxylation is 5. The van der Waals surface area contributed by atoms with Crippen molar-refractivity contribution in [1.82, 2.24) is 0 Å². The number of hydrogen-bond donors (Lipinski definition) is 0. The fraction of sp³-hybridized carbons (Fsp3) is 0.407. The summed E-state index contributed by atoms with van der Waals surface area (Å²) in [6.45, 7) is 14.4. The van der Waals surface area contributed by atoms with E-state index in [0.29, 0.717) is 6.61 Å². The summed E-state index contributed by atoms with van der Waals surface area (Å²) in [7, 11) is 0. The van der Waals surface area contributed by atoms with Gasteiger partial charge < -0.3 is 4.74 Å². The maximum absolute atomic E-state index is 13.0. The molecule has 2 aliphatic carbocycles. The summed E-state index contributed by atoms with van der Waals surface area (Å²) in [4.78, 5) is 34.9. The van der Waals surface area contributed by atoms with E-state index in [2.05, 4.69) is 175 Å². The third-order valence-corrected chi connectivity index (χ3v) is 23.8. The van der Waals surface area contributed by atoms with Gasteiger partial charge in [0.25, 0.3) is 0 Å². The van der Waals surface area contributed by atoms with Crippen molar-refractivity contribution >= 4 is 57.9 Å². The Morgan fingerprint density at radius 3 is 1.07 bits per heavy atom. The molecule has 11 rings (SSSR count). The standard InChI is InChI=1S/C81H92O3S4/c1-7-12-17-22-31-57-35-27-39-61(45-57)80(62-40-28-36-58(46-62)32-23-18-13-8-2)69-49-65(54-82)85-76(69)78-71(80)52-74(87-78)67-51-73(84-43-26-21-16-11-5)68(44-56(67)6)75-53-72-79(88-75)77-70(50-66(55-83)86-77)81(72,63-41-29-37-59(47-63)33-24-19-14-9-3)64-42-30-38-60(48-64)34-25-20-15-10-4/h27-30,35-42,44-55H,7-26,31-34,43H2,1-6H3. The zero-order valence-electron chi connectivity index (χ0n) is 53.4. The first-order chi connectivity index (χ1) is 43.2. The molecule has 0 radical (unpaired) electrons. The lowest BCUT2D eigenvalue weighted by atomic mass is 9.67. The highest BCUT2D eigenvalue weighted by Crippen LogP contribution is 2.65. The zero-order valence-corrected chi connectivity index (χ0v) is 56.7. The Bertz CT molecular complexity index is 3710. The van der Waals surface area contributed by atoms with Crippen molar-refractivity contribution in [3.8, 4) is 46.1 Å². The van der Waals surface area contributed by atoms with Crippen LogP contribution in [0.5, 0.6) is 5.75 Å². The van der Waals surface area contributed by atoms with E-state index in [1.165, 1.54) is 223 Å². The van der Waals surface area contributed by atoms with Crippen LogP contribution in [0.2, 0.25) is 0 Å². The predicted molar refractivity (Wildman–Crippen MR) is 380 cm³/mol. The molecule has 0 aliphatic heterocycles. The lowest BCUT2D eigenvalue weighted by Gasteiger charge is -2.33. The Morgan fingerprint density at radius 1 is 0.364 bits per heavy atom. The molecule has 3 nitrogen and oxygen atoms in total. The van der Waals surface area contributed by atoms with Gasteiger partial charge in [0.1, 0.15) is 5.75 Å². The Hall–Kier alpha value is -5.96. The van der Waals surface area contributed by atoms with Crippen molar-refractivity contribution in [2.75, 3.05) is 6.61 Å². The molecule has 0 fully saturated rings. The quantitative estimate of drug-likeness (QED) is 0.0298. The SMILES string of the molecule is CCCCCCOc1cc(-c2cc3c(s2)-c2sc(C=O)cc2C3(c2cccc(CCCCCC)c2)c2cccc(CCCCCC)c2)c(C)cc1-c1cc2c(s1)-c1sc(C=O)cc1C2(c1cccc(CCCCCC)c1)c1cccc(CCCCCC)c1. The third-order valence-electron chi connectivity index (χ3n) is 19.1. The fourth-order valence-corrected chi connectivity index (χ4v) is 19.4. The largest absolute Gasteiger partial charge is 0.493 e. The number of thiophene rings is 4. The molecule has 0 N–H and O–H groups in total. The maximum Gasteiger partial charge on any atom is 0.160 e. The number of carbonyl (C=O) groups excluding carboxylic acids is 2. The number of aldehydes is 2. The second-order valence-corrected chi connectivity index (χ2v) is 29.6. The summed E-state index contributed by atoms with van der Waals surface area (Å²) >= 11 is 7.06. The van der Waals surface area contributed by atoms with E-state index < -0.39 is 10.8 Å². The molecule has 0 bridgehead atoms. The molecule has 458 valence electrons. The van der Waals surface area contributed by atoms with Crippen molar-refractivity contribution in [2.24, 2.45) is 0 Å². The minimum absolute atomic E-state index is 0.611. The topological polar surface area (TPSA) is 43.4 Å². The average molecular weight is 1240 g/mol. The van der Waals surface area contributed by atoms with Crippen LogP contribution in [0, 0.1) is 6.92 Å². The molecular formula is C81H92O3S4. The van der Waals surface area contributed by atoms with Crippen molar-refractivity contribution < 1.29 is 14.3 Å². The number of benzene rings is 5. The molecular weight excluding hydrogens is 1150 g/mol. The average Bonchev–Trinajstić information content (AvgIpc) is 1.59. The second-order valence-electron chi connectivity index (χ2n) is 25.3. The molecule has 0 amide bonds. The summed E-state index contributed by atoms with van der Waals surface area (Å²) in [5, 5.41) is 0. The monoisotopic (exact) mass is 1240 g/mol. The van der Waals surface area contributed by atoms with Crippen LogP contribution in [0.4, 0.5) is 0 Å². The van der Waals surface area contributed by atoms with E-state index in [0.717, 1.165) is 72.2 Å². The van der Waals surface area contributed by atoms with Gasteiger partial charge in [0, 0.05) is 15.3 Å². The van der Waals surface area contributed by atoms with Crippen LogP contribution in [0.1, 0.15) is 255 Å². The van der Waals surface area contributed by atoms with Crippen LogP contribution in [0.3, 0.4) is 0 Å². The van der Waals surface area contributed by atoms with Gasteiger partial charge in [-0.15, -0.1) is 45.3 Å². The highest BCUT2D eigenvalue weighted by atomic mass is 32.1. The van der Waals surface area contributed by atoms with Gasteiger partial charge in [0.15, 0.2) is 12.6 Å². The number of unbranched alkanes of at least 4 members (excludes halogenated alkanes) is 15. The van der Waals surface area contributed by atoms with Gasteiger partial charge in [-0.1, -0.05) is 228 Å². The van der Waals surface area contributed by atoms with Crippen molar-refractivity contribution in [3.05, 3.63) is 216 Å². The van der Waals surface area contributed by atoms with Gasteiger partial charge >= 0.3 is 0 Å². The Morgan fingerprint density at radius 2 is 0.705 bits per heavy atom. The number of rotatable bonds is 34. The molecule has 0 spiro atoms. The van der Waals surface area contributed by atoms with Gasteiger partial charge in [0.2, 0.25) is 0 Å². The van der Waals surface area contributed by atoms with E-state index in [9.17, 15) is 9.59 Å². The number of fused-ring (bicyclic) bond motifs is 6. The van der Waals surface area contributed by atoms with Crippen molar-refractivity contribution in [1.29, 1.82) is 0 Å². The normalized spacial score (nSPS) is 13.4. The molecule has 4 aromatic heterocycles. The molecule has 4 heterocycles.